The molecule has 3 aliphatic rings. The van der Waals surface area contributed by atoms with Gasteiger partial charge in [0.05, 0.1) is 23.3 Å². The maximum atomic E-state index is 15.4. The van der Waals surface area contributed by atoms with Gasteiger partial charge in [-0.2, -0.15) is 5.10 Å². The summed E-state index contributed by atoms with van der Waals surface area (Å²) in [6.07, 6.45) is 3.22. The standard InChI is InChI=1S/C31H30F2N6O2/c1-17-21-5-3-2-4-18(21)9-11-38(17)31(41)26-14-27(19-6-7-19)39-29(35-26)15-25(36-39)22-12-24(33)28(13-23(22)32)37-10-8-20(16-37)30(34)40/h2-5,12-15,17,19-20H,6-11,16H2,1H3,(H2,34,40)/t17-,20?/m1/s1. The first-order chi connectivity index (χ1) is 19.8. The van der Waals surface area contributed by atoms with E-state index in [0.29, 0.717) is 30.9 Å². The van der Waals surface area contributed by atoms with Crippen molar-refractivity contribution in [1.29, 1.82) is 0 Å². The Kier molecular flexibility index (Phi) is 6.02. The van der Waals surface area contributed by atoms with E-state index in [1.165, 1.54) is 5.56 Å². The highest BCUT2D eigenvalue weighted by Gasteiger charge is 2.33. The molecule has 1 unspecified atom stereocenters. The van der Waals surface area contributed by atoms with Crippen molar-refractivity contribution in [1.82, 2.24) is 19.5 Å². The smallest absolute Gasteiger partial charge is 0.273 e. The van der Waals surface area contributed by atoms with E-state index in [1.54, 1.807) is 21.5 Å². The Morgan fingerprint density at radius 3 is 2.56 bits per heavy atom. The van der Waals surface area contributed by atoms with Crippen LogP contribution in [0.4, 0.5) is 14.5 Å². The van der Waals surface area contributed by atoms with Gasteiger partial charge >= 0.3 is 0 Å². The van der Waals surface area contributed by atoms with Crippen molar-refractivity contribution in [2.45, 2.75) is 44.6 Å². The van der Waals surface area contributed by atoms with Gasteiger partial charge in [-0.25, -0.2) is 18.3 Å². The highest BCUT2D eigenvalue weighted by molar-refractivity contribution is 5.93. The second-order valence-electron chi connectivity index (χ2n) is 11.4. The maximum Gasteiger partial charge on any atom is 0.273 e. The molecular weight excluding hydrogens is 526 g/mol. The molecule has 2 atom stereocenters. The summed E-state index contributed by atoms with van der Waals surface area (Å²) >= 11 is 0. The van der Waals surface area contributed by atoms with E-state index in [9.17, 15) is 9.59 Å². The SMILES string of the molecule is C[C@@H]1c2ccccc2CCN1C(=O)c1cc(C2CC2)n2nc(-c3cc(F)c(N4CCC(C(N)=O)C4)cc3F)cc2n1. The van der Waals surface area contributed by atoms with Crippen LogP contribution in [0, 0.1) is 17.6 Å². The molecule has 2 fully saturated rings. The fraction of sp³-hybridized carbons (Fsp3) is 0.355. The van der Waals surface area contributed by atoms with Crippen molar-refractivity contribution in [3.63, 3.8) is 0 Å². The number of carbonyl (C=O) groups is 2. The number of carbonyl (C=O) groups excluding carboxylic acids is 2. The van der Waals surface area contributed by atoms with E-state index in [4.69, 9.17) is 5.73 Å². The van der Waals surface area contributed by atoms with Crippen LogP contribution in [-0.2, 0) is 11.2 Å². The number of nitrogens with two attached hydrogens (primary N) is 1. The number of benzene rings is 2. The Labute approximate surface area is 235 Å². The Balaban J connectivity index is 1.23. The second kappa shape index (κ2) is 9.64. The van der Waals surface area contributed by atoms with Crippen molar-refractivity contribution in [2.24, 2.45) is 11.7 Å². The van der Waals surface area contributed by atoms with Gasteiger partial charge in [0.25, 0.3) is 5.91 Å². The zero-order valence-corrected chi connectivity index (χ0v) is 22.7. The van der Waals surface area contributed by atoms with E-state index in [-0.39, 0.29) is 47.3 Å². The van der Waals surface area contributed by atoms with Crippen molar-refractivity contribution < 1.29 is 18.4 Å². The quantitative estimate of drug-likeness (QED) is 0.387. The molecule has 1 saturated carbocycles. The van der Waals surface area contributed by atoms with Crippen LogP contribution in [0.5, 0.6) is 0 Å². The van der Waals surface area contributed by atoms with E-state index >= 15 is 8.78 Å². The second-order valence-corrected chi connectivity index (χ2v) is 11.4. The van der Waals surface area contributed by atoms with Gasteiger partial charge in [0, 0.05) is 48.9 Å². The average molecular weight is 557 g/mol. The topological polar surface area (TPSA) is 96.8 Å². The van der Waals surface area contributed by atoms with Gasteiger partial charge in [0.15, 0.2) is 5.65 Å². The summed E-state index contributed by atoms with van der Waals surface area (Å²) in [5.41, 5.74) is 9.75. The number of fused-ring (bicyclic) bond motifs is 2. The number of aromatic nitrogens is 3. The molecule has 2 amide bonds. The van der Waals surface area contributed by atoms with Crippen LogP contribution in [0.25, 0.3) is 16.9 Å². The number of nitrogens with zero attached hydrogens (tertiary/aromatic N) is 5. The average Bonchev–Trinajstić information content (AvgIpc) is 3.52. The van der Waals surface area contributed by atoms with Crippen LogP contribution in [0.2, 0.25) is 0 Å². The van der Waals surface area contributed by atoms with Crippen molar-refractivity contribution in [3.05, 3.63) is 82.7 Å². The molecule has 10 heteroatoms. The van der Waals surface area contributed by atoms with Crippen LogP contribution in [0.3, 0.4) is 0 Å². The number of primary amides is 1. The van der Waals surface area contributed by atoms with Gasteiger partial charge in [-0.3, -0.25) is 9.59 Å². The summed E-state index contributed by atoms with van der Waals surface area (Å²) in [4.78, 5) is 33.4. The Hall–Kier alpha value is -4.34. The highest BCUT2D eigenvalue weighted by Crippen LogP contribution is 2.41. The van der Waals surface area contributed by atoms with Crippen molar-refractivity contribution >= 4 is 23.1 Å². The molecule has 0 bridgehead atoms. The summed E-state index contributed by atoms with van der Waals surface area (Å²) in [7, 11) is 0. The Morgan fingerprint density at radius 2 is 1.80 bits per heavy atom. The normalized spacial score (nSPS) is 20.5. The third-order valence-corrected chi connectivity index (χ3v) is 8.77. The minimum absolute atomic E-state index is 0.0123. The molecule has 2 aromatic carbocycles. The molecule has 7 rings (SSSR count). The molecule has 2 N–H and O–H groups in total. The molecule has 0 spiro atoms. The largest absolute Gasteiger partial charge is 0.369 e. The monoisotopic (exact) mass is 556 g/mol. The van der Waals surface area contributed by atoms with Crippen LogP contribution in [0.1, 0.15) is 65.5 Å². The van der Waals surface area contributed by atoms with Gasteiger partial charge in [-0.15, -0.1) is 0 Å². The number of anilines is 1. The minimum Gasteiger partial charge on any atom is -0.369 e. The molecule has 1 aliphatic carbocycles. The molecule has 0 radical (unpaired) electrons. The van der Waals surface area contributed by atoms with Crippen LogP contribution >= 0.6 is 0 Å². The number of amides is 2. The third-order valence-electron chi connectivity index (χ3n) is 8.77. The predicted molar refractivity (Wildman–Crippen MR) is 149 cm³/mol. The molecule has 41 heavy (non-hydrogen) atoms. The zero-order chi connectivity index (χ0) is 28.4. The first-order valence-corrected chi connectivity index (χ1v) is 14.1. The van der Waals surface area contributed by atoms with Crippen LogP contribution < -0.4 is 10.6 Å². The molecule has 1 saturated heterocycles. The van der Waals surface area contributed by atoms with Crippen molar-refractivity contribution in [3.8, 4) is 11.3 Å². The Morgan fingerprint density at radius 1 is 1.00 bits per heavy atom. The molecule has 4 heterocycles. The predicted octanol–water partition coefficient (Wildman–Crippen LogP) is 4.62. The van der Waals surface area contributed by atoms with Gasteiger partial charge < -0.3 is 15.5 Å². The minimum atomic E-state index is -0.627. The lowest BCUT2D eigenvalue weighted by atomic mass is 9.93. The lowest BCUT2D eigenvalue weighted by molar-refractivity contribution is -0.121. The Bertz CT molecular complexity index is 1710. The van der Waals surface area contributed by atoms with E-state index < -0.39 is 17.5 Å². The number of hydrogen-bond acceptors (Lipinski definition) is 5. The van der Waals surface area contributed by atoms with E-state index in [1.807, 2.05) is 24.0 Å². The van der Waals surface area contributed by atoms with Gasteiger partial charge in [-0.05, 0) is 55.9 Å². The number of hydrogen-bond donors (Lipinski definition) is 1. The number of rotatable bonds is 5. The molecule has 2 aliphatic heterocycles. The summed E-state index contributed by atoms with van der Waals surface area (Å²) in [5.74, 6) is -1.98. The molecule has 2 aromatic heterocycles. The van der Waals surface area contributed by atoms with Gasteiger partial charge in [-0.1, -0.05) is 24.3 Å². The lowest BCUT2D eigenvalue weighted by Crippen LogP contribution is -2.39. The molecule has 210 valence electrons. The zero-order valence-electron chi connectivity index (χ0n) is 22.7. The number of halogens is 2. The maximum absolute atomic E-state index is 15.4. The lowest BCUT2D eigenvalue weighted by Gasteiger charge is -2.35. The van der Waals surface area contributed by atoms with Gasteiger partial charge in [0.1, 0.15) is 17.3 Å². The summed E-state index contributed by atoms with van der Waals surface area (Å²) in [6.45, 7) is 3.31. The first-order valence-electron chi connectivity index (χ1n) is 14.1. The van der Waals surface area contributed by atoms with Gasteiger partial charge in [0.2, 0.25) is 5.91 Å². The third kappa shape index (κ3) is 4.42. The van der Waals surface area contributed by atoms with Crippen molar-refractivity contribution in [2.75, 3.05) is 24.5 Å². The summed E-state index contributed by atoms with van der Waals surface area (Å²) in [5, 5.41) is 4.61. The fourth-order valence-electron chi connectivity index (χ4n) is 6.29. The highest BCUT2D eigenvalue weighted by atomic mass is 19.1. The first kappa shape index (κ1) is 25.6. The summed E-state index contributed by atoms with van der Waals surface area (Å²) < 4.78 is 32.3. The van der Waals surface area contributed by atoms with Crippen LogP contribution in [-0.4, -0.2) is 50.9 Å². The molecule has 8 nitrogen and oxygen atoms in total. The fourth-order valence-corrected chi connectivity index (χ4v) is 6.29. The molecular formula is C31H30F2N6O2. The van der Waals surface area contributed by atoms with E-state index in [0.717, 1.165) is 42.7 Å². The summed E-state index contributed by atoms with van der Waals surface area (Å²) in [6, 6.07) is 13.8. The van der Waals surface area contributed by atoms with Crippen LogP contribution in [0.15, 0.2) is 48.5 Å². The van der Waals surface area contributed by atoms with E-state index in [2.05, 4.69) is 22.2 Å². The molecule has 4 aromatic rings.